The van der Waals surface area contributed by atoms with Gasteiger partial charge in [-0.25, -0.2) is 4.98 Å². The van der Waals surface area contributed by atoms with E-state index in [2.05, 4.69) is 15.3 Å². The minimum atomic E-state index is -0.418. The van der Waals surface area contributed by atoms with Gasteiger partial charge in [0.15, 0.2) is 0 Å². The molecule has 0 aliphatic heterocycles. The molecule has 0 atom stereocenters. The maximum atomic E-state index is 12.1. The lowest BCUT2D eigenvalue weighted by molar-refractivity contribution is 0.0950. The summed E-state index contributed by atoms with van der Waals surface area (Å²) in [6, 6.07) is 9.16. The summed E-state index contributed by atoms with van der Waals surface area (Å²) in [6.45, 7) is 2.31. The van der Waals surface area contributed by atoms with Crippen molar-refractivity contribution in [3.05, 3.63) is 81.3 Å². The Morgan fingerprint density at radius 2 is 2.08 bits per heavy atom. The number of carbonyl (C=O) groups excluding carboxylic acids is 1. The molecule has 2 N–H and O–H groups in total. The minimum absolute atomic E-state index is 0.0114. The molecule has 0 spiro atoms. The van der Waals surface area contributed by atoms with Crippen molar-refractivity contribution >= 4 is 17.5 Å². The zero-order valence-electron chi connectivity index (χ0n) is 12.9. The number of benzene rings is 1. The molecule has 3 aromatic rings. The standard InChI is InChI=1S/C17H15ClN4O2/c1-11-19-6-7-22(11)14-4-2-12(3-5-14)9-20-16(23)13-8-15(18)17(24)21-10-13/h2-8,10H,9H2,1H3,(H,20,23)(H,21,24). The highest BCUT2D eigenvalue weighted by molar-refractivity contribution is 6.30. The van der Waals surface area contributed by atoms with E-state index in [1.807, 2.05) is 42.0 Å². The SMILES string of the molecule is Cc1nccn1-c1ccc(CNC(=O)c2c[nH]c(=O)c(Cl)c2)cc1. The maximum absolute atomic E-state index is 12.1. The van der Waals surface area contributed by atoms with Gasteiger partial charge in [-0.2, -0.15) is 0 Å². The van der Waals surface area contributed by atoms with Crippen molar-refractivity contribution in [1.82, 2.24) is 19.9 Å². The quantitative estimate of drug-likeness (QED) is 0.764. The van der Waals surface area contributed by atoms with E-state index in [4.69, 9.17) is 11.6 Å². The number of aromatic nitrogens is 3. The Balaban J connectivity index is 1.66. The number of nitrogens with zero attached hydrogens (tertiary/aromatic N) is 2. The molecular formula is C17H15ClN4O2. The Morgan fingerprint density at radius 3 is 2.71 bits per heavy atom. The molecule has 6 nitrogen and oxygen atoms in total. The number of amides is 1. The Hall–Kier alpha value is -2.86. The van der Waals surface area contributed by atoms with Gasteiger partial charge < -0.3 is 14.9 Å². The molecule has 2 aromatic heterocycles. The van der Waals surface area contributed by atoms with Crippen LogP contribution in [0.15, 0.2) is 53.7 Å². The van der Waals surface area contributed by atoms with Crippen LogP contribution in [-0.4, -0.2) is 20.4 Å². The molecule has 0 aliphatic rings. The predicted octanol–water partition coefficient (Wildman–Crippen LogP) is 2.45. The van der Waals surface area contributed by atoms with Crippen molar-refractivity contribution in [2.24, 2.45) is 0 Å². The molecule has 0 fully saturated rings. The van der Waals surface area contributed by atoms with E-state index >= 15 is 0 Å². The van der Waals surface area contributed by atoms with Crippen LogP contribution in [0.3, 0.4) is 0 Å². The average molecular weight is 343 g/mol. The molecule has 1 aromatic carbocycles. The highest BCUT2D eigenvalue weighted by Gasteiger charge is 2.08. The molecule has 122 valence electrons. The molecule has 24 heavy (non-hydrogen) atoms. The first-order valence-electron chi connectivity index (χ1n) is 7.30. The molecule has 0 radical (unpaired) electrons. The fourth-order valence-electron chi connectivity index (χ4n) is 2.30. The van der Waals surface area contributed by atoms with Crippen molar-refractivity contribution in [3.63, 3.8) is 0 Å². The van der Waals surface area contributed by atoms with E-state index in [1.165, 1.54) is 12.3 Å². The number of H-pyrrole nitrogens is 1. The third-order valence-electron chi connectivity index (χ3n) is 3.61. The Kier molecular flexibility index (Phi) is 4.48. The van der Waals surface area contributed by atoms with Crippen molar-refractivity contribution < 1.29 is 4.79 Å². The maximum Gasteiger partial charge on any atom is 0.266 e. The summed E-state index contributed by atoms with van der Waals surface area (Å²) in [5.41, 5.74) is 1.86. The summed E-state index contributed by atoms with van der Waals surface area (Å²) >= 11 is 5.72. The van der Waals surface area contributed by atoms with E-state index in [0.29, 0.717) is 12.1 Å². The highest BCUT2D eigenvalue weighted by atomic mass is 35.5. The number of pyridine rings is 1. The van der Waals surface area contributed by atoms with Gasteiger partial charge in [-0.3, -0.25) is 9.59 Å². The number of aromatic amines is 1. The molecule has 3 rings (SSSR count). The van der Waals surface area contributed by atoms with Crippen LogP contribution in [0.1, 0.15) is 21.7 Å². The summed E-state index contributed by atoms with van der Waals surface area (Å²) in [5.74, 6) is 0.605. The largest absolute Gasteiger partial charge is 0.348 e. The summed E-state index contributed by atoms with van der Waals surface area (Å²) in [6.07, 6.45) is 4.99. The van der Waals surface area contributed by atoms with Gasteiger partial charge in [0.05, 0.1) is 5.56 Å². The molecule has 0 bridgehead atoms. The zero-order valence-corrected chi connectivity index (χ0v) is 13.7. The molecular weight excluding hydrogens is 328 g/mol. The second-order valence-electron chi connectivity index (χ2n) is 5.26. The second kappa shape index (κ2) is 6.72. The number of hydrogen-bond acceptors (Lipinski definition) is 3. The first kappa shape index (κ1) is 16.0. The molecule has 0 saturated heterocycles. The summed E-state index contributed by atoms with van der Waals surface area (Å²) in [5, 5.41) is 2.78. The van der Waals surface area contributed by atoms with Crippen molar-refractivity contribution in [2.75, 3.05) is 0 Å². The molecule has 0 unspecified atom stereocenters. The normalized spacial score (nSPS) is 10.6. The van der Waals surface area contributed by atoms with Gasteiger partial charge in [0.1, 0.15) is 10.8 Å². The Morgan fingerprint density at radius 1 is 1.33 bits per heavy atom. The molecule has 0 saturated carbocycles. The van der Waals surface area contributed by atoms with Crippen LogP contribution in [0.5, 0.6) is 0 Å². The van der Waals surface area contributed by atoms with E-state index < -0.39 is 5.56 Å². The molecule has 0 aliphatic carbocycles. The van der Waals surface area contributed by atoms with Crippen LogP contribution >= 0.6 is 11.6 Å². The Labute approximate surface area is 143 Å². The molecule has 2 heterocycles. The number of imidazole rings is 1. The van der Waals surface area contributed by atoms with E-state index in [1.54, 1.807) is 6.20 Å². The van der Waals surface area contributed by atoms with Gasteiger partial charge in [-0.1, -0.05) is 23.7 Å². The van der Waals surface area contributed by atoms with Crippen LogP contribution in [0, 0.1) is 6.92 Å². The number of carbonyl (C=O) groups is 1. The highest BCUT2D eigenvalue weighted by Crippen LogP contribution is 2.12. The van der Waals surface area contributed by atoms with Crippen LogP contribution in [0.2, 0.25) is 5.02 Å². The lowest BCUT2D eigenvalue weighted by Crippen LogP contribution is -2.24. The summed E-state index contributed by atoms with van der Waals surface area (Å²) < 4.78 is 1.98. The fourth-order valence-corrected chi connectivity index (χ4v) is 2.47. The van der Waals surface area contributed by atoms with E-state index in [0.717, 1.165) is 17.1 Å². The van der Waals surface area contributed by atoms with Crippen molar-refractivity contribution in [3.8, 4) is 5.69 Å². The molecule has 7 heteroatoms. The zero-order chi connectivity index (χ0) is 17.1. The third-order valence-corrected chi connectivity index (χ3v) is 3.89. The number of nitrogens with one attached hydrogen (secondary N) is 2. The number of aryl methyl sites for hydroxylation is 1. The summed E-state index contributed by atoms with van der Waals surface area (Å²) in [7, 11) is 0. The number of halogens is 1. The first-order chi connectivity index (χ1) is 11.5. The van der Waals surface area contributed by atoms with Crippen LogP contribution < -0.4 is 10.9 Å². The summed E-state index contributed by atoms with van der Waals surface area (Å²) in [4.78, 5) is 29.9. The number of rotatable bonds is 4. The van der Waals surface area contributed by atoms with E-state index in [9.17, 15) is 9.59 Å². The third kappa shape index (κ3) is 3.38. The van der Waals surface area contributed by atoms with Crippen LogP contribution in [0.25, 0.3) is 5.69 Å². The smallest absolute Gasteiger partial charge is 0.266 e. The van der Waals surface area contributed by atoms with Crippen LogP contribution in [0.4, 0.5) is 0 Å². The monoisotopic (exact) mass is 342 g/mol. The minimum Gasteiger partial charge on any atom is -0.348 e. The van der Waals surface area contributed by atoms with Crippen LogP contribution in [-0.2, 0) is 6.54 Å². The molecule has 1 amide bonds. The van der Waals surface area contributed by atoms with Gasteiger partial charge in [0, 0.05) is 30.8 Å². The second-order valence-corrected chi connectivity index (χ2v) is 5.67. The van der Waals surface area contributed by atoms with Gasteiger partial charge in [0.2, 0.25) is 0 Å². The predicted molar refractivity (Wildman–Crippen MR) is 91.5 cm³/mol. The average Bonchev–Trinajstić information content (AvgIpc) is 3.01. The number of hydrogen-bond donors (Lipinski definition) is 2. The van der Waals surface area contributed by atoms with Crippen molar-refractivity contribution in [1.29, 1.82) is 0 Å². The van der Waals surface area contributed by atoms with Crippen molar-refractivity contribution in [2.45, 2.75) is 13.5 Å². The van der Waals surface area contributed by atoms with Gasteiger partial charge in [0.25, 0.3) is 11.5 Å². The lowest BCUT2D eigenvalue weighted by Gasteiger charge is -2.08. The fraction of sp³-hybridized carbons (Fsp3) is 0.118. The van der Waals surface area contributed by atoms with Gasteiger partial charge in [-0.05, 0) is 30.7 Å². The first-order valence-corrected chi connectivity index (χ1v) is 7.68. The van der Waals surface area contributed by atoms with E-state index in [-0.39, 0.29) is 10.9 Å². The lowest BCUT2D eigenvalue weighted by atomic mass is 10.2. The topological polar surface area (TPSA) is 79.8 Å². The Bertz CT molecular complexity index is 928. The van der Waals surface area contributed by atoms with Gasteiger partial charge in [-0.15, -0.1) is 0 Å². The van der Waals surface area contributed by atoms with Gasteiger partial charge >= 0.3 is 0 Å².